The third kappa shape index (κ3) is 12.7. The normalized spacial score (nSPS) is 15.9. The van der Waals surface area contributed by atoms with Gasteiger partial charge in [0.1, 0.15) is 11.2 Å². The Balaban J connectivity index is 4.74. The highest BCUT2D eigenvalue weighted by Gasteiger charge is 2.34. The molecule has 0 saturated carbocycles. The number of hydrogen-bond donors (Lipinski definition) is 2. The number of rotatable bonds is 10. The molecule has 0 aromatic rings. The maximum Gasteiger partial charge on any atom is 0.309 e. The van der Waals surface area contributed by atoms with E-state index < -0.39 is 11.2 Å². The Bertz CT molecular complexity index is 467. The van der Waals surface area contributed by atoms with Gasteiger partial charge >= 0.3 is 11.9 Å². The average molecular weight is 421 g/mol. The molecule has 0 radical (unpaired) electrons. The highest BCUT2D eigenvalue weighted by molar-refractivity contribution is 7.81. The Morgan fingerprint density at radius 3 is 1.19 bits per heavy atom. The maximum absolute atomic E-state index is 12.5. The Morgan fingerprint density at radius 2 is 0.963 bits per heavy atom. The van der Waals surface area contributed by atoms with E-state index in [-0.39, 0.29) is 33.3 Å². The smallest absolute Gasteiger partial charge is 0.309 e. The van der Waals surface area contributed by atoms with Crippen LogP contribution in [0.1, 0.15) is 88.5 Å². The largest absolute Gasteiger partial charge is 0.459 e. The first-order valence-electron chi connectivity index (χ1n) is 9.63. The van der Waals surface area contributed by atoms with Crippen LogP contribution in [0.5, 0.6) is 0 Å². The van der Waals surface area contributed by atoms with Gasteiger partial charge in [-0.3, -0.25) is 9.59 Å². The van der Waals surface area contributed by atoms with Gasteiger partial charge in [-0.2, -0.15) is 25.3 Å². The van der Waals surface area contributed by atoms with Gasteiger partial charge in [-0.05, 0) is 34.1 Å². The second kappa shape index (κ2) is 9.43. The van der Waals surface area contributed by atoms with Crippen LogP contribution >= 0.6 is 25.3 Å². The highest BCUT2D eigenvalue weighted by Crippen LogP contribution is 2.31. The summed E-state index contributed by atoms with van der Waals surface area (Å²) in [6, 6.07) is 0. The van der Waals surface area contributed by atoms with Gasteiger partial charge in [0.15, 0.2) is 0 Å². The molecule has 0 bridgehead atoms. The lowest BCUT2D eigenvalue weighted by molar-refractivity contribution is -0.166. The maximum atomic E-state index is 12.5. The zero-order valence-corrected chi connectivity index (χ0v) is 20.6. The number of carbonyl (C=O) groups excluding carboxylic acids is 2. The van der Waals surface area contributed by atoms with E-state index in [1.165, 1.54) is 0 Å². The van der Waals surface area contributed by atoms with Crippen molar-refractivity contribution in [3.05, 3.63) is 0 Å². The summed E-state index contributed by atoms with van der Waals surface area (Å²) >= 11 is 9.03. The predicted octanol–water partition coefficient (Wildman–Crippen LogP) is 5.49. The first kappa shape index (κ1) is 26.6. The lowest BCUT2D eigenvalue weighted by Crippen LogP contribution is -2.38. The fourth-order valence-corrected chi connectivity index (χ4v) is 4.39. The number of carbonyl (C=O) groups is 2. The lowest BCUT2D eigenvalue weighted by Gasteiger charge is -2.33. The van der Waals surface area contributed by atoms with Gasteiger partial charge in [-0.25, -0.2) is 0 Å². The van der Waals surface area contributed by atoms with Crippen molar-refractivity contribution in [1.29, 1.82) is 0 Å². The van der Waals surface area contributed by atoms with Gasteiger partial charge in [0.25, 0.3) is 0 Å². The molecule has 0 amide bonds. The van der Waals surface area contributed by atoms with Gasteiger partial charge in [0.05, 0.1) is 11.8 Å². The topological polar surface area (TPSA) is 52.6 Å². The van der Waals surface area contributed by atoms with Crippen molar-refractivity contribution in [2.45, 2.75) is 109 Å². The van der Waals surface area contributed by atoms with Crippen molar-refractivity contribution >= 4 is 37.2 Å². The molecule has 0 heterocycles. The molecule has 6 heteroatoms. The lowest BCUT2D eigenvalue weighted by atomic mass is 9.93. The van der Waals surface area contributed by atoms with Crippen molar-refractivity contribution in [3.8, 4) is 0 Å². The molecule has 0 rings (SSSR count). The van der Waals surface area contributed by atoms with Crippen LogP contribution in [0, 0.1) is 11.8 Å². The molecule has 2 unspecified atom stereocenters. The van der Waals surface area contributed by atoms with E-state index >= 15 is 0 Å². The predicted molar refractivity (Wildman–Crippen MR) is 119 cm³/mol. The summed E-state index contributed by atoms with van der Waals surface area (Å²) in [4.78, 5) is 24.9. The third-order valence-electron chi connectivity index (χ3n) is 3.98. The van der Waals surface area contributed by atoms with Crippen molar-refractivity contribution in [1.82, 2.24) is 0 Å². The van der Waals surface area contributed by atoms with Gasteiger partial charge in [-0.15, -0.1) is 0 Å². The molecule has 0 N–H and O–H groups in total. The summed E-state index contributed by atoms with van der Waals surface area (Å²) in [6.07, 6.45) is 1.65. The zero-order chi connectivity index (χ0) is 21.8. The first-order chi connectivity index (χ1) is 11.7. The van der Waals surface area contributed by atoms with Crippen molar-refractivity contribution in [2.24, 2.45) is 11.8 Å². The van der Waals surface area contributed by atoms with Crippen molar-refractivity contribution in [2.75, 3.05) is 0 Å². The molecular formula is C21H40O4S2. The summed E-state index contributed by atoms with van der Waals surface area (Å²) in [5.74, 6) is -1.38. The molecule has 0 fully saturated rings. The van der Waals surface area contributed by atoms with Crippen LogP contribution in [0.4, 0.5) is 0 Å². The minimum atomic E-state index is -0.611. The van der Waals surface area contributed by atoms with E-state index in [1.807, 2.05) is 55.4 Å². The Kier molecular flexibility index (Phi) is 9.30. The van der Waals surface area contributed by atoms with Crippen LogP contribution in [-0.2, 0) is 19.1 Å². The second-order valence-electron chi connectivity index (χ2n) is 10.4. The molecular weight excluding hydrogens is 380 g/mol. The van der Waals surface area contributed by atoms with E-state index in [9.17, 15) is 9.59 Å². The summed E-state index contributed by atoms with van der Waals surface area (Å²) < 4.78 is 10.9. The molecule has 2 atom stereocenters. The Hall–Kier alpha value is -0.360. The van der Waals surface area contributed by atoms with Crippen LogP contribution in [0.2, 0.25) is 0 Å². The first-order valence-corrected chi connectivity index (χ1v) is 10.5. The molecule has 0 spiro atoms. The van der Waals surface area contributed by atoms with Crippen molar-refractivity contribution < 1.29 is 19.1 Å². The summed E-state index contributed by atoms with van der Waals surface area (Å²) in [5.41, 5.74) is -1.22. The summed E-state index contributed by atoms with van der Waals surface area (Å²) in [7, 11) is 0. The molecule has 0 aromatic heterocycles. The van der Waals surface area contributed by atoms with Crippen LogP contribution in [0.15, 0.2) is 0 Å². The molecule has 0 aromatic carbocycles. The van der Waals surface area contributed by atoms with Crippen molar-refractivity contribution in [3.63, 3.8) is 0 Å². The fraction of sp³-hybridized carbons (Fsp3) is 0.905. The molecule has 0 aliphatic heterocycles. The minimum absolute atomic E-state index is 0.240. The Labute approximate surface area is 177 Å². The standard InChI is InChI=1S/C21H40O4S2/c1-14(16(22)24-18(3,4)12-20(7,8)26)11-15(2)17(23)25-19(5,6)13-21(9,10)27/h14-15,26-27H,11-13H2,1-10H3. The monoisotopic (exact) mass is 420 g/mol. The molecule has 0 aliphatic rings. The Morgan fingerprint density at radius 1 is 0.704 bits per heavy atom. The van der Waals surface area contributed by atoms with Gasteiger partial charge < -0.3 is 9.47 Å². The average Bonchev–Trinajstić information content (AvgIpc) is 2.30. The van der Waals surface area contributed by atoms with E-state index in [4.69, 9.17) is 9.47 Å². The number of esters is 2. The molecule has 27 heavy (non-hydrogen) atoms. The van der Waals surface area contributed by atoms with E-state index in [0.29, 0.717) is 19.3 Å². The second-order valence-corrected chi connectivity index (χ2v) is 12.8. The van der Waals surface area contributed by atoms with Gasteiger partial charge in [0.2, 0.25) is 0 Å². The third-order valence-corrected chi connectivity index (χ3v) is 4.30. The number of ether oxygens (including phenoxy) is 2. The fourth-order valence-electron chi connectivity index (χ4n) is 3.62. The van der Waals surface area contributed by atoms with E-state index in [1.54, 1.807) is 13.8 Å². The number of thiol groups is 2. The van der Waals surface area contributed by atoms with E-state index in [0.717, 1.165) is 0 Å². The zero-order valence-electron chi connectivity index (χ0n) is 18.8. The minimum Gasteiger partial charge on any atom is -0.459 e. The molecule has 4 nitrogen and oxygen atoms in total. The summed E-state index contributed by atoms with van der Waals surface area (Å²) in [6.45, 7) is 19.1. The quantitative estimate of drug-likeness (QED) is 0.362. The van der Waals surface area contributed by atoms with Gasteiger partial charge in [0, 0.05) is 22.3 Å². The molecule has 160 valence electrons. The molecule has 0 saturated heterocycles. The van der Waals surface area contributed by atoms with Crippen LogP contribution in [0.3, 0.4) is 0 Å². The van der Waals surface area contributed by atoms with Gasteiger partial charge in [-0.1, -0.05) is 41.5 Å². The van der Waals surface area contributed by atoms with Crippen LogP contribution in [-0.4, -0.2) is 32.6 Å². The van der Waals surface area contributed by atoms with E-state index in [2.05, 4.69) is 25.3 Å². The summed E-state index contributed by atoms with van der Waals surface area (Å²) in [5, 5.41) is 0. The highest BCUT2D eigenvalue weighted by atomic mass is 32.1. The SMILES string of the molecule is CC(CC(C)C(=O)OC(C)(C)CC(C)(C)S)C(=O)OC(C)(C)CC(C)(C)S. The van der Waals surface area contributed by atoms with Crippen LogP contribution < -0.4 is 0 Å². The number of hydrogen-bond acceptors (Lipinski definition) is 6. The molecule has 0 aliphatic carbocycles. The van der Waals surface area contributed by atoms with Crippen LogP contribution in [0.25, 0.3) is 0 Å².